The maximum Gasteiger partial charge on any atom is 0.220 e. The second-order valence-corrected chi connectivity index (χ2v) is 24.7. The number of aliphatic hydroxyl groups is 8. The van der Waals surface area contributed by atoms with Crippen LogP contribution in [0.2, 0.25) is 0 Å². The van der Waals surface area contributed by atoms with E-state index in [-0.39, 0.29) is 12.5 Å². The van der Waals surface area contributed by atoms with E-state index < -0.39 is 86.8 Å². The van der Waals surface area contributed by atoms with Crippen LogP contribution in [0.25, 0.3) is 0 Å². The number of unbranched alkanes of at least 4 members (excludes halogenated alkanes) is 40. The molecule has 2 aliphatic heterocycles. The Kier molecular flexibility index (Phi) is 50.1. The van der Waals surface area contributed by atoms with Gasteiger partial charge in [0.05, 0.1) is 32.0 Å². The van der Waals surface area contributed by atoms with Gasteiger partial charge in [-0.3, -0.25) is 4.79 Å². The SMILES string of the molecule is CCCCCCC/C=C\C/C=C\CCCCCCCCCCCCCCCCCC(=O)NC(COC1OC(CO)C(OC2OC(CO)C(O)C(O)C2O)C(O)C1O)C(O)CCCCCCCCCCCCCCCCCCCCCCC. The monoisotopic (exact) mass is 1170 g/mol. The number of rotatable bonds is 57. The number of carbonyl (C=O) groups is 1. The summed E-state index contributed by atoms with van der Waals surface area (Å²) in [7, 11) is 0. The van der Waals surface area contributed by atoms with E-state index in [0.29, 0.717) is 12.8 Å². The lowest BCUT2D eigenvalue weighted by Gasteiger charge is -2.46. The summed E-state index contributed by atoms with van der Waals surface area (Å²) in [6, 6.07) is -0.828. The lowest BCUT2D eigenvalue weighted by Crippen LogP contribution is -2.65. The van der Waals surface area contributed by atoms with E-state index in [9.17, 15) is 45.6 Å². The number of hydrogen-bond acceptors (Lipinski definition) is 13. The molecule has 2 heterocycles. The number of carbonyl (C=O) groups excluding carboxylic acids is 1. The highest BCUT2D eigenvalue weighted by Crippen LogP contribution is 2.30. The Labute approximate surface area is 500 Å². The van der Waals surface area contributed by atoms with Crippen LogP contribution in [0.5, 0.6) is 0 Å². The Morgan fingerprint density at radius 1 is 0.439 bits per heavy atom. The van der Waals surface area contributed by atoms with Crippen molar-refractivity contribution < 1.29 is 64.6 Å². The van der Waals surface area contributed by atoms with Gasteiger partial charge in [-0.1, -0.05) is 282 Å². The van der Waals surface area contributed by atoms with Crippen LogP contribution in [0.1, 0.15) is 309 Å². The van der Waals surface area contributed by atoms with Crippen LogP contribution in [-0.4, -0.2) is 140 Å². The quantitative estimate of drug-likeness (QED) is 0.0204. The summed E-state index contributed by atoms with van der Waals surface area (Å²) in [6.45, 7) is 2.90. The molecule has 2 saturated heterocycles. The second-order valence-electron chi connectivity index (χ2n) is 24.7. The van der Waals surface area contributed by atoms with Crippen molar-refractivity contribution in [2.24, 2.45) is 0 Å². The van der Waals surface area contributed by atoms with Gasteiger partial charge in [-0.05, 0) is 44.9 Å². The van der Waals surface area contributed by atoms with E-state index >= 15 is 0 Å². The third kappa shape index (κ3) is 37.9. The van der Waals surface area contributed by atoms with Crippen molar-refractivity contribution >= 4 is 5.91 Å². The van der Waals surface area contributed by atoms with Crippen molar-refractivity contribution in [2.75, 3.05) is 19.8 Å². The predicted molar refractivity (Wildman–Crippen MR) is 332 cm³/mol. The molecule has 1 amide bonds. The first kappa shape index (κ1) is 76.6. The Bertz CT molecular complexity index is 1470. The number of allylic oxidation sites excluding steroid dienone is 4. The van der Waals surface area contributed by atoms with Crippen LogP contribution < -0.4 is 5.32 Å². The van der Waals surface area contributed by atoms with E-state index in [1.165, 1.54) is 225 Å². The Morgan fingerprint density at radius 3 is 1.22 bits per heavy atom. The molecule has 82 heavy (non-hydrogen) atoms. The van der Waals surface area contributed by atoms with Crippen molar-refractivity contribution in [2.45, 2.75) is 383 Å². The first-order valence-corrected chi connectivity index (χ1v) is 34.6. The normalized spacial score (nSPS) is 24.0. The fraction of sp³-hybridized carbons (Fsp3) is 0.926. The average Bonchev–Trinajstić information content (AvgIpc) is 3.67. The smallest absolute Gasteiger partial charge is 0.220 e. The molecule has 2 aliphatic rings. The van der Waals surface area contributed by atoms with Gasteiger partial charge in [-0.15, -0.1) is 0 Å². The van der Waals surface area contributed by atoms with Crippen molar-refractivity contribution in [3.63, 3.8) is 0 Å². The van der Waals surface area contributed by atoms with Crippen LogP contribution in [0.15, 0.2) is 24.3 Å². The molecule has 12 atom stereocenters. The largest absolute Gasteiger partial charge is 0.394 e. The minimum Gasteiger partial charge on any atom is -0.394 e. The molecule has 0 saturated carbocycles. The van der Waals surface area contributed by atoms with E-state index in [1.54, 1.807) is 0 Å². The van der Waals surface area contributed by atoms with Gasteiger partial charge in [-0.2, -0.15) is 0 Å². The molecule has 14 nitrogen and oxygen atoms in total. The minimum atomic E-state index is -1.78. The van der Waals surface area contributed by atoms with Crippen molar-refractivity contribution in [1.82, 2.24) is 5.32 Å². The molecule has 0 aromatic rings. The molecule has 12 unspecified atom stereocenters. The van der Waals surface area contributed by atoms with E-state index in [4.69, 9.17) is 18.9 Å². The highest BCUT2D eigenvalue weighted by Gasteiger charge is 2.51. The zero-order valence-corrected chi connectivity index (χ0v) is 52.5. The third-order valence-electron chi connectivity index (χ3n) is 17.2. The number of nitrogens with one attached hydrogen (secondary N) is 1. The summed E-state index contributed by atoms with van der Waals surface area (Å²) in [5.74, 6) is -0.201. The highest BCUT2D eigenvalue weighted by atomic mass is 16.7. The maximum atomic E-state index is 13.3. The molecule has 0 aromatic carbocycles. The molecule has 9 N–H and O–H groups in total. The number of hydrogen-bond donors (Lipinski definition) is 9. The molecule has 2 rings (SSSR count). The average molecular weight is 1170 g/mol. The summed E-state index contributed by atoms with van der Waals surface area (Å²) < 4.78 is 22.9. The van der Waals surface area contributed by atoms with Crippen LogP contribution >= 0.6 is 0 Å². The van der Waals surface area contributed by atoms with Gasteiger partial charge in [-0.25, -0.2) is 0 Å². The molecule has 0 aliphatic carbocycles. The van der Waals surface area contributed by atoms with Gasteiger partial charge in [0.1, 0.15) is 48.8 Å². The number of amides is 1. The van der Waals surface area contributed by atoms with Crippen LogP contribution in [0.3, 0.4) is 0 Å². The van der Waals surface area contributed by atoms with Crippen molar-refractivity contribution in [3.05, 3.63) is 24.3 Å². The first-order valence-electron chi connectivity index (χ1n) is 34.6. The standard InChI is InChI=1S/C68H129NO13/c1-3-5-7-9-11-13-15-17-19-21-23-25-26-27-28-29-30-32-34-36-38-40-42-44-46-48-50-52-60(73)69-56(57(72)51-49-47-45-43-41-39-37-35-33-31-24-22-20-18-16-14-12-10-8-6-4-2)55-79-67-65(78)63(76)66(59(54-71)81-67)82-68-64(77)62(75)61(74)58(53-70)80-68/h15,17,21,23,56-59,61-68,70-72,74-78H,3-14,16,18-20,22,24-55H2,1-2H3,(H,69,73)/b17-15-,23-21-. The third-order valence-corrected chi connectivity index (χ3v) is 17.2. The number of aliphatic hydroxyl groups excluding tert-OH is 8. The maximum absolute atomic E-state index is 13.3. The summed E-state index contributed by atoms with van der Waals surface area (Å²) in [6.07, 6.45) is 49.0. The second kappa shape index (κ2) is 53.7. The van der Waals surface area contributed by atoms with Crippen molar-refractivity contribution in [1.29, 1.82) is 0 Å². The summed E-state index contributed by atoms with van der Waals surface area (Å²) >= 11 is 0. The zero-order valence-electron chi connectivity index (χ0n) is 52.5. The molecule has 0 bridgehead atoms. The topological polar surface area (TPSA) is 228 Å². The fourth-order valence-electron chi connectivity index (χ4n) is 11.6. The van der Waals surface area contributed by atoms with Crippen LogP contribution in [0.4, 0.5) is 0 Å². The molecule has 0 spiro atoms. The lowest BCUT2D eigenvalue weighted by molar-refractivity contribution is -0.359. The zero-order chi connectivity index (χ0) is 59.5. The number of ether oxygens (including phenoxy) is 4. The van der Waals surface area contributed by atoms with Gasteiger partial charge >= 0.3 is 0 Å². The van der Waals surface area contributed by atoms with Crippen LogP contribution in [-0.2, 0) is 23.7 Å². The molecule has 0 aromatic heterocycles. The minimum absolute atomic E-state index is 0.201. The Balaban J connectivity index is 1.67. The summed E-state index contributed by atoms with van der Waals surface area (Å²) in [5.41, 5.74) is 0. The highest BCUT2D eigenvalue weighted by molar-refractivity contribution is 5.76. The Morgan fingerprint density at radius 2 is 0.805 bits per heavy atom. The summed E-state index contributed by atoms with van der Waals surface area (Å²) in [5, 5.41) is 87.6. The van der Waals surface area contributed by atoms with Crippen molar-refractivity contribution in [3.8, 4) is 0 Å². The lowest BCUT2D eigenvalue weighted by atomic mass is 9.97. The molecule has 14 heteroatoms. The van der Waals surface area contributed by atoms with Gasteiger partial charge in [0.15, 0.2) is 12.6 Å². The molecule has 0 radical (unpaired) electrons. The van der Waals surface area contributed by atoms with Gasteiger partial charge in [0.2, 0.25) is 5.91 Å². The fourth-order valence-corrected chi connectivity index (χ4v) is 11.6. The van der Waals surface area contributed by atoms with E-state index in [0.717, 1.165) is 57.8 Å². The van der Waals surface area contributed by atoms with Gasteiger partial charge < -0.3 is 65.1 Å². The molecule has 2 fully saturated rings. The molecular weight excluding hydrogens is 1040 g/mol. The molecule has 484 valence electrons. The van der Waals surface area contributed by atoms with Crippen LogP contribution in [0, 0.1) is 0 Å². The molecular formula is C68H129NO13. The predicted octanol–water partition coefficient (Wildman–Crippen LogP) is 13.6. The van der Waals surface area contributed by atoms with E-state index in [1.807, 2.05) is 0 Å². The van der Waals surface area contributed by atoms with Gasteiger partial charge in [0, 0.05) is 6.42 Å². The summed E-state index contributed by atoms with van der Waals surface area (Å²) in [4.78, 5) is 13.3. The Hall–Kier alpha value is -1.53. The first-order chi connectivity index (χ1) is 40.1. The van der Waals surface area contributed by atoms with Gasteiger partial charge in [0.25, 0.3) is 0 Å². The van der Waals surface area contributed by atoms with E-state index in [2.05, 4.69) is 43.5 Å².